The normalized spacial score (nSPS) is 15.1. The number of nitrogens with zero attached hydrogens (tertiary/aromatic N) is 2. The van der Waals surface area contributed by atoms with Gasteiger partial charge in [-0.15, -0.1) is 0 Å². The predicted octanol–water partition coefficient (Wildman–Crippen LogP) is 1.72. The molecule has 0 aromatic carbocycles. The van der Waals surface area contributed by atoms with Crippen molar-refractivity contribution < 1.29 is 5.11 Å². The Hall–Kier alpha value is -0.580. The highest BCUT2D eigenvalue weighted by atomic mass is 35.5. The second kappa shape index (κ2) is 5.66. The van der Waals surface area contributed by atoms with Crippen LogP contribution in [-0.4, -0.2) is 27.0 Å². The smallest absolute Gasteiger partial charge is 0.0814 e. The highest BCUT2D eigenvalue weighted by Crippen LogP contribution is 2.16. The monoisotopic (exact) mass is 245 g/mol. The summed E-state index contributed by atoms with van der Waals surface area (Å²) in [5.41, 5.74) is 6.38. The van der Waals surface area contributed by atoms with E-state index in [0.717, 1.165) is 31.5 Å². The Bertz CT molecular complexity index is 314. The van der Waals surface area contributed by atoms with E-state index in [1.165, 1.54) is 0 Å². The molecule has 1 aromatic heterocycles. The van der Waals surface area contributed by atoms with Gasteiger partial charge in [0.1, 0.15) is 0 Å². The lowest BCUT2D eigenvalue weighted by Gasteiger charge is -2.25. The molecule has 1 aromatic rings. The zero-order valence-corrected chi connectivity index (χ0v) is 10.7. The third kappa shape index (κ3) is 3.47. The Morgan fingerprint density at radius 2 is 2.31 bits per heavy atom. The van der Waals surface area contributed by atoms with Crippen LogP contribution in [-0.2, 0) is 6.54 Å². The average Bonchev–Trinajstić information content (AvgIpc) is 2.58. The first-order chi connectivity index (χ1) is 7.50. The highest BCUT2D eigenvalue weighted by molar-refractivity contribution is 6.31. The van der Waals surface area contributed by atoms with Gasteiger partial charge in [0.25, 0.3) is 0 Å². The van der Waals surface area contributed by atoms with Gasteiger partial charge >= 0.3 is 0 Å². The third-order valence-corrected chi connectivity index (χ3v) is 3.34. The van der Waals surface area contributed by atoms with Crippen LogP contribution in [0.15, 0.2) is 6.20 Å². The fourth-order valence-electron chi connectivity index (χ4n) is 1.57. The van der Waals surface area contributed by atoms with Gasteiger partial charge < -0.3 is 10.8 Å². The minimum atomic E-state index is -0.452. The lowest BCUT2D eigenvalue weighted by Crippen LogP contribution is -2.43. The van der Waals surface area contributed by atoms with Gasteiger partial charge in [-0.25, -0.2) is 0 Å². The number of aliphatic hydroxyl groups is 1. The van der Waals surface area contributed by atoms with Gasteiger partial charge in [0.2, 0.25) is 0 Å². The van der Waals surface area contributed by atoms with E-state index in [1.54, 1.807) is 0 Å². The standard InChI is InChI=1S/C11H20ClN3O/c1-3-11(13,8-16)5-4-6-15-7-10(12)9(2)14-15/h7,16H,3-6,8,13H2,1-2H3. The molecule has 1 unspecified atom stereocenters. The van der Waals surface area contributed by atoms with Gasteiger partial charge in [-0.05, 0) is 26.2 Å². The maximum absolute atomic E-state index is 9.16. The van der Waals surface area contributed by atoms with Crippen molar-refractivity contribution in [2.45, 2.75) is 45.2 Å². The van der Waals surface area contributed by atoms with Crippen LogP contribution in [0.3, 0.4) is 0 Å². The minimum Gasteiger partial charge on any atom is -0.394 e. The van der Waals surface area contributed by atoms with Gasteiger partial charge in [-0.3, -0.25) is 4.68 Å². The van der Waals surface area contributed by atoms with E-state index in [1.807, 2.05) is 24.7 Å². The number of aromatic nitrogens is 2. The molecule has 0 spiro atoms. The number of halogens is 1. The summed E-state index contributed by atoms with van der Waals surface area (Å²) in [6.45, 7) is 4.69. The van der Waals surface area contributed by atoms with Crippen LogP contribution in [0.2, 0.25) is 5.02 Å². The molecule has 3 N–H and O–H groups in total. The number of hydrogen-bond donors (Lipinski definition) is 2. The van der Waals surface area contributed by atoms with E-state index < -0.39 is 5.54 Å². The first kappa shape index (κ1) is 13.5. The van der Waals surface area contributed by atoms with Crippen LogP contribution in [0.25, 0.3) is 0 Å². The number of aryl methyl sites for hydroxylation is 2. The van der Waals surface area contributed by atoms with E-state index >= 15 is 0 Å². The Balaban J connectivity index is 2.41. The third-order valence-electron chi connectivity index (χ3n) is 2.97. The quantitative estimate of drug-likeness (QED) is 0.802. The van der Waals surface area contributed by atoms with Crippen molar-refractivity contribution >= 4 is 11.6 Å². The molecule has 0 amide bonds. The van der Waals surface area contributed by atoms with Crippen LogP contribution in [0.4, 0.5) is 0 Å². The molecular weight excluding hydrogens is 226 g/mol. The first-order valence-corrected chi connectivity index (χ1v) is 5.98. The van der Waals surface area contributed by atoms with Crippen LogP contribution < -0.4 is 5.73 Å². The summed E-state index contributed by atoms with van der Waals surface area (Å²) < 4.78 is 1.82. The molecule has 1 rings (SSSR count). The zero-order valence-electron chi connectivity index (χ0n) is 9.91. The van der Waals surface area contributed by atoms with Crippen molar-refractivity contribution in [3.63, 3.8) is 0 Å². The number of rotatable bonds is 6. The van der Waals surface area contributed by atoms with E-state index in [2.05, 4.69) is 5.10 Å². The molecule has 0 fully saturated rings. The molecule has 0 aliphatic heterocycles. The summed E-state index contributed by atoms with van der Waals surface area (Å²) in [5.74, 6) is 0. The Kier molecular flexibility index (Phi) is 4.77. The maximum Gasteiger partial charge on any atom is 0.0814 e. The first-order valence-electron chi connectivity index (χ1n) is 5.60. The number of nitrogens with two attached hydrogens (primary N) is 1. The molecule has 0 aliphatic rings. The minimum absolute atomic E-state index is 0.0301. The molecule has 0 radical (unpaired) electrons. The van der Waals surface area contributed by atoms with Crippen LogP contribution in [0.5, 0.6) is 0 Å². The lowest BCUT2D eigenvalue weighted by molar-refractivity contribution is 0.178. The Morgan fingerprint density at radius 3 is 2.75 bits per heavy atom. The van der Waals surface area contributed by atoms with Crippen molar-refractivity contribution in [1.82, 2.24) is 9.78 Å². The van der Waals surface area contributed by atoms with Gasteiger partial charge in [0.05, 0.1) is 17.3 Å². The van der Waals surface area contributed by atoms with Crippen molar-refractivity contribution in [2.24, 2.45) is 5.73 Å². The second-order valence-electron chi connectivity index (χ2n) is 4.30. The summed E-state index contributed by atoms with van der Waals surface area (Å²) >= 11 is 5.90. The molecule has 0 saturated carbocycles. The maximum atomic E-state index is 9.16. The summed E-state index contributed by atoms with van der Waals surface area (Å²) in [6.07, 6.45) is 4.28. The second-order valence-corrected chi connectivity index (χ2v) is 4.71. The number of aliphatic hydroxyl groups excluding tert-OH is 1. The van der Waals surface area contributed by atoms with Gasteiger partial charge in [-0.2, -0.15) is 5.10 Å². The average molecular weight is 246 g/mol. The summed E-state index contributed by atoms with van der Waals surface area (Å²) in [5, 5.41) is 14.1. The van der Waals surface area contributed by atoms with E-state index in [4.69, 9.17) is 22.4 Å². The van der Waals surface area contributed by atoms with E-state index in [-0.39, 0.29) is 6.61 Å². The zero-order chi connectivity index (χ0) is 12.2. The van der Waals surface area contributed by atoms with Crippen molar-refractivity contribution in [1.29, 1.82) is 0 Å². The molecule has 4 nitrogen and oxygen atoms in total. The van der Waals surface area contributed by atoms with Crippen LogP contribution in [0, 0.1) is 6.92 Å². The molecule has 1 atom stereocenters. The van der Waals surface area contributed by atoms with Gasteiger partial charge in [0.15, 0.2) is 0 Å². The van der Waals surface area contributed by atoms with Crippen LogP contribution in [0.1, 0.15) is 31.9 Å². The topological polar surface area (TPSA) is 64.1 Å². The molecule has 16 heavy (non-hydrogen) atoms. The molecular formula is C11H20ClN3O. The molecule has 92 valence electrons. The van der Waals surface area contributed by atoms with Crippen molar-refractivity contribution in [3.05, 3.63) is 16.9 Å². The largest absolute Gasteiger partial charge is 0.394 e. The van der Waals surface area contributed by atoms with Gasteiger partial charge in [0, 0.05) is 18.3 Å². The van der Waals surface area contributed by atoms with Crippen molar-refractivity contribution in [2.75, 3.05) is 6.61 Å². The summed E-state index contributed by atoms with van der Waals surface area (Å²) in [4.78, 5) is 0. The molecule has 0 aliphatic carbocycles. The fourth-order valence-corrected chi connectivity index (χ4v) is 1.72. The molecule has 5 heteroatoms. The van der Waals surface area contributed by atoms with Gasteiger partial charge in [-0.1, -0.05) is 18.5 Å². The predicted molar refractivity (Wildman–Crippen MR) is 65.5 cm³/mol. The van der Waals surface area contributed by atoms with Crippen molar-refractivity contribution in [3.8, 4) is 0 Å². The Morgan fingerprint density at radius 1 is 1.62 bits per heavy atom. The van der Waals surface area contributed by atoms with E-state index in [9.17, 15) is 0 Å². The molecule has 0 bridgehead atoms. The number of hydrogen-bond acceptors (Lipinski definition) is 3. The highest BCUT2D eigenvalue weighted by Gasteiger charge is 2.20. The fraction of sp³-hybridized carbons (Fsp3) is 0.727. The molecule has 0 saturated heterocycles. The lowest BCUT2D eigenvalue weighted by atomic mass is 9.93. The summed E-state index contributed by atoms with van der Waals surface area (Å²) in [6, 6.07) is 0. The van der Waals surface area contributed by atoms with Crippen LogP contribution >= 0.6 is 11.6 Å². The SMILES string of the molecule is CCC(N)(CO)CCCn1cc(Cl)c(C)n1. The summed E-state index contributed by atoms with van der Waals surface area (Å²) in [7, 11) is 0. The van der Waals surface area contributed by atoms with E-state index in [0.29, 0.717) is 5.02 Å². The molecule has 1 heterocycles. The Labute approximate surface area is 101 Å².